The molecule has 1 heterocycles. The third-order valence-corrected chi connectivity index (χ3v) is 6.21. The van der Waals surface area contributed by atoms with Gasteiger partial charge in [0.2, 0.25) is 5.13 Å². The summed E-state index contributed by atoms with van der Waals surface area (Å²) in [5, 5.41) is 18.3. The second-order valence-electron chi connectivity index (χ2n) is 7.67. The van der Waals surface area contributed by atoms with Crippen molar-refractivity contribution in [2.24, 2.45) is 5.92 Å². The summed E-state index contributed by atoms with van der Waals surface area (Å²) in [7, 11) is 0. The zero-order valence-electron chi connectivity index (χ0n) is 15.2. The van der Waals surface area contributed by atoms with Gasteiger partial charge in [0.15, 0.2) is 0 Å². The minimum atomic E-state index is -0.124. The Labute approximate surface area is 162 Å². The Hall–Kier alpha value is -2.31. The molecule has 1 amide bonds. The number of aromatic nitrogens is 2. The number of hydrogen-bond acceptors (Lipinski definition) is 5. The van der Waals surface area contributed by atoms with E-state index in [9.17, 15) is 4.79 Å². The van der Waals surface area contributed by atoms with Crippen molar-refractivity contribution in [1.82, 2.24) is 15.5 Å². The van der Waals surface area contributed by atoms with Crippen molar-refractivity contribution >= 4 is 33.1 Å². The third kappa shape index (κ3) is 3.59. The topological polar surface area (TPSA) is 66.9 Å². The van der Waals surface area contributed by atoms with Gasteiger partial charge in [-0.2, -0.15) is 0 Å². The first-order valence-corrected chi connectivity index (χ1v) is 10.4. The zero-order valence-corrected chi connectivity index (χ0v) is 16.1. The molecule has 2 atom stereocenters. The van der Waals surface area contributed by atoms with Crippen molar-refractivity contribution in [3.63, 3.8) is 0 Å². The van der Waals surface area contributed by atoms with Crippen molar-refractivity contribution in [3.8, 4) is 0 Å². The predicted molar refractivity (Wildman–Crippen MR) is 108 cm³/mol. The van der Waals surface area contributed by atoms with Crippen LogP contribution in [0.2, 0.25) is 0 Å². The lowest BCUT2D eigenvalue weighted by Crippen LogP contribution is -2.20. The number of anilines is 1. The summed E-state index contributed by atoms with van der Waals surface area (Å²) >= 11 is 1.39. The number of carbonyl (C=O) groups excluding carboxylic acids is 1. The molecule has 2 fully saturated rings. The molecule has 138 valence electrons. The van der Waals surface area contributed by atoms with Crippen molar-refractivity contribution < 1.29 is 4.79 Å². The SMILES string of the molecule is Cc1nnc(NC(=O)c2cc(C3CC3NCC3CC3)c3ccccc3c2)s1. The molecule has 0 bridgehead atoms. The number of nitrogens with zero attached hydrogens (tertiary/aromatic N) is 2. The second kappa shape index (κ2) is 6.69. The summed E-state index contributed by atoms with van der Waals surface area (Å²) < 4.78 is 0. The van der Waals surface area contributed by atoms with E-state index in [0.717, 1.165) is 29.3 Å². The predicted octanol–water partition coefficient (Wildman–Crippen LogP) is 4.11. The van der Waals surface area contributed by atoms with Crippen LogP contribution in [0, 0.1) is 12.8 Å². The third-order valence-electron chi connectivity index (χ3n) is 5.46. The highest BCUT2D eigenvalue weighted by Gasteiger charge is 2.40. The summed E-state index contributed by atoms with van der Waals surface area (Å²) in [6.07, 6.45) is 3.89. The highest BCUT2D eigenvalue weighted by Crippen LogP contribution is 2.44. The minimum absolute atomic E-state index is 0.124. The van der Waals surface area contributed by atoms with Crippen molar-refractivity contribution in [2.45, 2.75) is 38.1 Å². The molecule has 2 aromatic carbocycles. The van der Waals surface area contributed by atoms with Gasteiger partial charge in [-0.05, 0) is 67.1 Å². The normalized spacial score (nSPS) is 21.4. The molecule has 2 saturated carbocycles. The lowest BCUT2D eigenvalue weighted by Gasteiger charge is -2.11. The molecule has 3 aromatic rings. The van der Waals surface area contributed by atoms with E-state index in [1.54, 1.807) is 0 Å². The highest BCUT2D eigenvalue weighted by molar-refractivity contribution is 7.15. The van der Waals surface area contributed by atoms with Crippen LogP contribution in [-0.4, -0.2) is 28.7 Å². The molecule has 27 heavy (non-hydrogen) atoms. The fourth-order valence-corrected chi connectivity index (χ4v) is 4.29. The van der Waals surface area contributed by atoms with Crippen molar-refractivity contribution in [1.29, 1.82) is 0 Å². The minimum Gasteiger partial charge on any atom is -0.313 e. The molecule has 5 nitrogen and oxygen atoms in total. The van der Waals surface area contributed by atoms with Gasteiger partial charge < -0.3 is 5.32 Å². The molecule has 0 aliphatic heterocycles. The van der Waals surface area contributed by atoms with Crippen LogP contribution < -0.4 is 10.6 Å². The Morgan fingerprint density at radius 3 is 2.85 bits per heavy atom. The summed E-state index contributed by atoms with van der Waals surface area (Å²) in [5.74, 6) is 1.25. The number of fused-ring (bicyclic) bond motifs is 1. The zero-order chi connectivity index (χ0) is 18.4. The number of carbonyl (C=O) groups is 1. The summed E-state index contributed by atoms with van der Waals surface area (Å²) in [5.41, 5.74) is 1.96. The Morgan fingerprint density at radius 2 is 2.07 bits per heavy atom. The van der Waals surface area contributed by atoms with Crippen LogP contribution >= 0.6 is 11.3 Å². The average Bonchev–Trinajstić information content (AvgIpc) is 3.58. The number of rotatable bonds is 6. The first-order valence-electron chi connectivity index (χ1n) is 9.55. The summed E-state index contributed by atoms with van der Waals surface area (Å²) in [4.78, 5) is 12.8. The Kier molecular flexibility index (Phi) is 4.17. The standard InChI is InChI=1S/C21H22N4OS/c1-12-24-25-21(27-12)23-20(26)15-8-14-4-2-3-5-16(14)17(9-15)18-10-19(18)22-11-13-6-7-13/h2-5,8-9,13,18-19,22H,6-7,10-11H2,1H3,(H,23,25,26). The van der Waals surface area contributed by atoms with E-state index in [4.69, 9.17) is 0 Å². The van der Waals surface area contributed by atoms with Crippen molar-refractivity contribution in [3.05, 3.63) is 52.5 Å². The first kappa shape index (κ1) is 16.8. The molecule has 2 N–H and O–H groups in total. The van der Waals surface area contributed by atoms with Crippen LogP contribution in [0.15, 0.2) is 36.4 Å². The highest BCUT2D eigenvalue weighted by atomic mass is 32.1. The maximum Gasteiger partial charge on any atom is 0.257 e. The number of benzene rings is 2. The van der Waals surface area contributed by atoms with Gasteiger partial charge >= 0.3 is 0 Å². The molecule has 6 heteroatoms. The molecule has 2 unspecified atom stereocenters. The van der Waals surface area contributed by atoms with E-state index in [2.05, 4.69) is 45.1 Å². The van der Waals surface area contributed by atoms with E-state index in [1.165, 1.54) is 35.1 Å². The molecule has 1 aromatic heterocycles. The summed E-state index contributed by atoms with van der Waals surface area (Å²) in [6.45, 7) is 3.01. The number of amides is 1. The average molecular weight is 379 g/mol. The molecule has 5 rings (SSSR count). The lowest BCUT2D eigenvalue weighted by molar-refractivity contribution is 0.102. The molecule has 0 spiro atoms. The van der Waals surface area contributed by atoms with E-state index in [1.807, 2.05) is 19.1 Å². The van der Waals surface area contributed by atoms with Crippen LogP contribution in [0.3, 0.4) is 0 Å². The van der Waals surface area contributed by atoms with E-state index in [-0.39, 0.29) is 5.91 Å². The Morgan fingerprint density at radius 1 is 1.22 bits per heavy atom. The first-order chi connectivity index (χ1) is 13.2. The fraction of sp³-hybridized carbons (Fsp3) is 0.381. The lowest BCUT2D eigenvalue weighted by atomic mass is 9.97. The van der Waals surface area contributed by atoms with Gasteiger partial charge in [-0.25, -0.2) is 0 Å². The maximum atomic E-state index is 12.8. The van der Waals surface area contributed by atoms with Crippen LogP contribution in [0.4, 0.5) is 5.13 Å². The smallest absolute Gasteiger partial charge is 0.257 e. The molecule has 0 radical (unpaired) electrons. The molecular formula is C21H22N4OS. The number of aryl methyl sites for hydroxylation is 1. The second-order valence-corrected chi connectivity index (χ2v) is 8.85. The fourth-order valence-electron chi connectivity index (χ4n) is 3.70. The van der Waals surface area contributed by atoms with Gasteiger partial charge in [0.1, 0.15) is 5.01 Å². The van der Waals surface area contributed by atoms with Gasteiger partial charge in [0.05, 0.1) is 0 Å². The van der Waals surface area contributed by atoms with E-state index >= 15 is 0 Å². The molecule has 0 saturated heterocycles. The van der Waals surface area contributed by atoms with E-state index < -0.39 is 0 Å². The summed E-state index contributed by atoms with van der Waals surface area (Å²) in [6, 6.07) is 12.9. The molecule has 2 aliphatic carbocycles. The van der Waals surface area contributed by atoms with Gasteiger partial charge in [-0.15, -0.1) is 10.2 Å². The quantitative estimate of drug-likeness (QED) is 0.677. The van der Waals surface area contributed by atoms with Gasteiger partial charge in [-0.1, -0.05) is 35.6 Å². The van der Waals surface area contributed by atoms with Crippen LogP contribution in [0.25, 0.3) is 10.8 Å². The molecule has 2 aliphatic rings. The molecular weight excluding hydrogens is 356 g/mol. The van der Waals surface area contributed by atoms with Gasteiger partial charge in [-0.3, -0.25) is 10.1 Å². The van der Waals surface area contributed by atoms with Crippen LogP contribution in [0.1, 0.15) is 46.1 Å². The largest absolute Gasteiger partial charge is 0.313 e. The maximum absolute atomic E-state index is 12.8. The van der Waals surface area contributed by atoms with Crippen LogP contribution in [0.5, 0.6) is 0 Å². The Bertz CT molecular complexity index is 1010. The van der Waals surface area contributed by atoms with Gasteiger partial charge in [0.25, 0.3) is 5.91 Å². The van der Waals surface area contributed by atoms with Gasteiger partial charge in [0, 0.05) is 17.5 Å². The van der Waals surface area contributed by atoms with E-state index in [0.29, 0.717) is 22.7 Å². The Balaban J connectivity index is 1.42. The number of hydrogen-bond donors (Lipinski definition) is 2. The van der Waals surface area contributed by atoms with Crippen LogP contribution in [-0.2, 0) is 0 Å². The number of nitrogens with one attached hydrogen (secondary N) is 2. The van der Waals surface area contributed by atoms with Crippen molar-refractivity contribution in [2.75, 3.05) is 11.9 Å². The monoisotopic (exact) mass is 378 g/mol.